The maximum atomic E-state index is 12.6. The van der Waals surface area contributed by atoms with E-state index in [2.05, 4.69) is 10.5 Å². The number of fused-ring (bicyclic) bond motifs is 1. The Morgan fingerprint density at radius 2 is 2.00 bits per heavy atom. The molecule has 1 unspecified atom stereocenters. The van der Waals surface area contributed by atoms with Crippen molar-refractivity contribution in [3.05, 3.63) is 53.9 Å². The minimum Gasteiger partial charge on any atom is -0.378 e. The number of hydrogen-bond donors (Lipinski definition) is 1. The summed E-state index contributed by atoms with van der Waals surface area (Å²) < 4.78 is 7.70. The molecule has 0 bridgehead atoms. The van der Waals surface area contributed by atoms with Crippen LogP contribution in [0.4, 0.5) is 4.79 Å². The lowest BCUT2D eigenvalue weighted by Gasteiger charge is -2.36. The van der Waals surface area contributed by atoms with Gasteiger partial charge < -0.3 is 9.57 Å². The number of hydroxylamine groups is 1. The van der Waals surface area contributed by atoms with Crippen LogP contribution in [0.15, 0.2) is 48.8 Å². The topological polar surface area (TPSA) is 68.1 Å². The highest BCUT2D eigenvalue weighted by Gasteiger charge is 2.28. The summed E-state index contributed by atoms with van der Waals surface area (Å²) in [7, 11) is 0. The highest BCUT2D eigenvalue weighted by Crippen LogP contribution is 2.30. The molecule has 1 aliphatic heterocycles. The maximum absolute atomic E-state index is 12.6. The maximum Gasteiger partial charge on any atom is 0.352 e. The number of nitrogens with one attached hydrogen (secondary N) is 1. The average Bonchev–Trinajstić information content (AvgIpc) is 3.23. The molecule has 0 radical (unpaired) electrons. The predicted octanol–water partition coefficient (Wildman–Crippen LogP) is 4.90. The average molecular weight is 429 g/mol. The number of carbonyl (C=O) groups is 1. The number of carbonyl (C=O) groups excluding carboxylic acids is 1. The van der Waals surface area contributed by atoms with Crippen molar-refractivity contribution in [1.82, 2.24) is 19.8 Å². The zero-order valence-electron chi connectivity index (χ0n) is 17.0. The number of imidazole rings is 1. The molecule has 3 heterocycles. The highest BCUT2D eigenvalue weighted by atomic mass is 35.5. The van der Waals surface area contributed by atoms with Gasteiger partial charge in [-0.1, -0.05) is 23.7 Å². The second-order valence-electron chi connectivity index (χ2n) is 7.56. The van der Waals surface area contributed by atoms with Crippen LogP contribution in [-0.2, 0) is 4.74 Å². The number of aromatic nitrogens is 2. The lowest BCUT2D eigenvalue weighted by molar-refractivity contribution is -0.0878. The second kappa shape index (κ2) is 8.93. The fourth-order valence-electron chi connectivity index (χ4n) is 3.63. The largest absolute Gasteiger partial charge is 0.378 e. The molecule has 1 aliphatic rings. The zero-order valence-corrected chi connectivity index (χ0v) is 17.8. The molecule has 3 aromatic rings. The van der Waals surface area contributed by atoms with Crippen molar-refractivity contribution in [3.8, 4) is 16.9 Å². The molecule has 1 fully saturated rings. The van der Waals surface area contributed by atoms with Gasteiger partial charge in [0.15, 0.2) is 5.75 Å². The van der Waals surface area contributed by atoms with Crippen molar-refractivity contribution in [2.45, 2.75) is 45.4 Å². The van der Waals surface area contributed by atoms with Crippen molar-refractivity contribution in [1.29, 1.82) is 0 Å². The highest BCUT2D eigenvalue weighted by molar-refractivity contribution is 6.32. The summed E-state index contributed by atoms with van der Waals surface area (Å²) in [4.78, 5) is 24.0. The number of amides is 2. The van der Waals surface area contributed by atoms with E-state index in [4.69, 9.17) is 21.2 Å². The Balaban J connectivity index is 1.41. The Kier molecular flexibility index (Phi) is 6.11. The number of hydrogen-bond acceptors (Lipinski definition) is 4. The molecule has 30 heavy (non-hydrogen) atoms. The van der Waals surface area contributed by atoms with Crippen LogP contribution in [0, 0.1) is 0 Å². The fraction of sp³-hybridized carbons (Fsp3) is 0.364. The Morgan fingerprint density at radius 1 is 1.20 bits per heavy atom. The number of halogens is 1. The van der Waals surface area contributed by atoms with Gasteiger partial charge in [0.25, 0.3) is 0 Å². The van der Waals surface area contributed by atoms with Gasteiger partial charge in [-0.15, -0.1) is 0 Å². The Bertz CT molecular complexity index is 1020. The van der Waals surface area contributed by atoms with E-state index in [1.807, 2.05) is 48.7 Å². The molecule has 1 aromatic carbocycles. The first-order valence-corrected chi connectivity index (χ1v) is 10.5. The smallest absolute Gasteiger partial charge is 0.352 e. The van der Waals surface area contributed by atoms with Crippen LogP contribution in [0.3, 0.4) is 0 Å². The molecule has 8 heteroatoms. The Hall–Kier alpha value is -2.77. The van der Waals surface area contributed by atoms with Crippen molar-refractivity contribution >= 4 is 23.3 Å². The minimum absolute atomic E-state index is 0.0604. The van der Waals surface area contributed by atoms with Gasteiger partial charge in [-0.2, -0.15) is 5.48 Å². The van der Waals surface area contributed by atoms with Crippen LogP contribution in [0.25, 0.3) is 16.8 Å². The van der Waals surface area contributed by atoms with Crippen LogP contribution in [0.5, 0.6) is 5.75 Å². The predicted molar refractivity (Wildman–Crippen MR) is 115 cm³/mol. The first-order chi connectivity index (χ1) is 14.5. The van der Waals surface area contributed by atoms with Crippen LogP contribution in [0.1, 0.15) is 33.1 Å². The van der Waals surface area contributed by atoms with Gasteiger partial charge >= 0.3 is 6.03 Å². The van der Waals surface area contributed by atoms with E-state index in [1.165, 1.54) is 0 Å². The molecule has 158 valence electrons. The molecule has 1 atom stereocenters. The lowest BCUT2D eigenvalue weighted by Crippen LogP contribution is -2.51. The van der Waals surface area contributed by atoms with E-state index in [0.29, 0.717) is 17.4 Å². The quantitative estimate of drug-likeness (QED) is 0.463. The SMILES string of the molecule is CC(C)OC1CCCCN1C(=O)NOc1ccc(-c2ccc3nccn3c2Cl)cc1. The number of piperidine rings is 1. The normalized spacial score (nSPS) is 16.8. The fourth-order valence-corrected chi connectivity index (χ4v) is 3.94. The molecule has 4 rings (SSSR count). The first-order valence-electron chi connectivity index (χ1n) is 10.1. The molecule has 1 N–H and O–H groups in total. The van der Waals surface area contributed by atoms with Gasteiger partial charge in [-0.05, 0) is 62.9 Å². The molecule has 2 aromatic heterocycles. The summed E-state index contributed by atoms with van der Waals surface area (Å²) in [6.45, 7) is 4.60. The van der Waals surface area contributed by atoms with Crippen LogP contribution >= 0.6 is 11.6 Å². The second-order valence-corrected chi connectivity index (χ2v) is 7.91. The summed E-state index contributed by atoms with van der Waals surface area (Å²) in [6, 6.07) is 10.9. The van der Waals surface area contributed by atoms with Gasteiger partial charge in [-0.3, -0.25) is 9.30 Å². The lowest BCUT2D eigenvalue weighted by atomic mass is 10.1. The monoisotopic (exact) mass is 428 g/mol. The third-order valence-electron chi connectivity index (χ3n) is 5.06. The molecule has 0 spiro atoms. The summed E-state index contributed by atoms with van der Waals surface area (Å²) in [5.41, 5.74) is 5.16. The van der Waals surface area contributed by atoms with E-state index in [-0.39, 0.29) is 18.4 Å². The van der Waals surface area contributed by atoms with Gasteiger partial charge in [0.05, 0.1) is 6.10 Å². The number of nitrogens with zero attached hydrogens (tertiary/aromatic N) is 3. The standard InChI is InChI=1S/C22H25ClN4O3/c1-15(2)29-20-5-3-4-13-27(20)22(28)25-30-17-8-6-16(7-9-17)18-10-11-19-24-12-14-26(19)21(18)23/h6-12,14-15,20H,3-5,13H2,1-2H3,(H,25,28). The van der Waals surface area contributed by atoms with E-state index >= 15 is 0 Å². The molecule has 1 saturated heterocycles. The summed E-state index contributed by atoms with van der Waals surface area (Å²) >= 11 is 6.51. The molecular weight excluding hydrogens is 404 g/mol. The van der Waals surface area contributed by atoms with Crippen molar-refractivity contribution in [2.24, 2.45) is 0 Å². The summed E-state index contributed by atoms with van der Waals surface area (Å²) in [5.74, 6) is 0.533. The van der Waals surface area contributed by atoms with Crippen LogP contribution in [-0.4, -0.2) is 39.2 Å². The number of urea groups is 1. The number of likely N-dealkylation sites (tertiary alicyclic amines) is 1. The van der Waals surface area contributed by atoms with E-state index in [0.717, 1.165) is 36.0 Å². The van der Waals surface area contributed by atoms with E-state index in [1.54, 1.807) is 23.2 Å². The van der Waals surface area contributed by atoms with Gasteiger partial charge in [-0.25, -0.2) is 9.78 Å². The molecule has 2 amide bonds. The Labute approximate surface area is 180 Å². The third-order valence-corrected chi connectivity index (χ3v) is 5.45. The molecule has 0 saturated carbocycles. The van der Waals surface area contributed by atoms with Crippen molar-refractivity contribution in [2.75, 3.05) is 6.54 Å². The number of pyridine rings is 1. The van der Waals surface area contributed by atoms with Crippen molar-refractivity contribution in [3.63, 3.8) is 0 Å². The van der Waals surface area contributed by atoms with Gasteiger partial charge in [0, 0.05) is 24.5 Å². The van der Waals surface area contributed by atoms with E-state index in [9.17, 15) is 4.79 Å². The summed E-state index contributed by atoms with van der Waals surface area (Å²) in [5, 5.41) is 0.591. The molecule has 7 nitrogen and oxygen atoms in total. The Morgan fingerprint density at radius 3 is 2.77 bits per heavy atom. The molecule has 0 aliphatic carbocycles. The van der Waals surface area contributed by atoms with Crippen LogP contribution in [0.2, 0.25) is 5.15 Å². The first kappa shape index (κ1) is 20.5. The molecular formula is C22H25ClN4O3. The number of benzene rings is 1. The number of rotatable bonds is 5. The van der Waals surface area contributed by atoms with Gasteiger partial charge in [0.1, 0.15) is 17.0 Å². The van der Waals surface area contributed by atoms with Gasteiger partial charge in [0.2, 0.25) is 0 Å². The van der Waals surface area contributed by atoms with Crippen molar-refractivity contribution < 1.29 is 14.4 Å². The van der Waals surface area contributed by atoms with E-state index < -0.39 is 0 Å². The third kappa shape index (κ3) is 4.37. The summed E-state index contributed by atoms with van der Waals surface area (Å²) in [6.07, 6.45) is 6.23. The van der Waals surface area contributed by atoms with Crippen LogP contribution < -0.4 is 10.3 Å². The zero-order chi connectivity index (χ0) is 21.1. The number of ether oxygens (including phenoxy) is 1. The minimum atomic E-state index is -0.293.